The van der Waals surface area contributed by atoms with Crippen LogP contribution in [0.5, 0.6) is 0 Å². The van der Waals surface area contributed by atoms with Gasteiger partial charge in [-0.25, -0.2) is 4.98 Å². The Hall–Kier alpha value is -3.36. The van der Waals surface area contributed by atoms with E-state index in [0.717, 1.165) is 22.5 Å². The molecule has 5 nitrogen and oxygen atoms in total. The number of amides is 1. The first-order valence-corrected chi connectivity index (χ1v) is 8.65. The zero-order chi connectivity index (χ0) is 19.4. The number of aryl methyl sites for hydroxylation is 2. The smallest absolute Gasteiger partial charge is 0.274 e. The molecule has 0 aliphatic heterocycles. The Morgan fingerprint density at radius 1 is 1.07 bits per heavy atom. The molecule has 1 aromatic heterocycles. The molecule has 27 heavy (non-hydrogen) atoms. The number of nitriles is 1. The molecule has 6 heteroatoms. The van der Waals surface area contributed by atoms with Crippen LogP contribution in [0.1, 0.15) is 27.2 Å². The average Bonchev–Trinajstić information content (AvgIpc) is 2.65. The Kier molecular flexibility index (Phi) is 5.39. The van der Waals surface area contributed by atoms with E-state index in [1.54, 1.807) is 42.6 Å². The Bertz CT molecular complexity index is 999. The molecule has 1 heterocycles. The second-order valence-electron chi connectivity index (χ2n) is 6.14. The van der Waals surface area contributed by atoms with Crippen LogP contribution in [-0.4, -0.2) is 10.9 Å². The predicted molar refractivity (Wildman–Crippen MR) is 108 cm³/mol. The highest BCUT2D eigenvalue weighted by Gasteiger charge is 2.10. The first kappa shape index (κ1) is 18.4. The minimum atomic E-state index is -0.323. The predicted octanol–water partition coefficient (Wildman–Crippen LogP) is 5.22. The lowest BCUT2D eigenvalue weighted by atomic mass is 10.1. The van der Waals surface area contributed by atoms with Crippen molar-refractivity contribution in [3.05, 3.63) is 82.1 Å². The maximum Gasteiger partial charge on any atom is 0.274 e. The molecule has 0 saturated heterocycles. The van der Waals surface area contributed by atoms with E-state index in [1.807, 2.05) is 32.0 Å². The second-order valence-corrected chi connectivity index (χ2v) is 6.55. The quantitative estimate of drug-likeness (QED) is 0.654. The fraction of sp³-hybridized carbons (Fsp3) is 0.0952. The fourth-order valence-corrected chi connectivity index (χ4v) is 3.01. The van der Waals surface area contributed by atoms with Gasteiger partial charge in [-0.15, -0.1) is 0 Å². The molecule has 1 amide bonds. The summed E-state index contributed by atoms with van der Waals surface area (Å²) in [5, 5.41) is 15.4. The van der Waals surface area contributed by atoms with Crippen LogP contribution >= 0.6 is 11.6 Å². The molecular weight excluding hydrogens is 360 g/mol. The third kappa shape index (κ3) is 4.43. The minimum absolute atomic E-state index is 0.289. The number of benzene rings is 2. The lowest BCUT2D eigenvalue weighted by Gasteiger charge is -2.13. The second kappa shape index (κ2) is 7.90. The molecule has 3 aromatic rings. The van der Waals surface area contributed by atoms with Crippen molar-refractivity contribution in [1.82, 2.24) is 4.98 Å². The monoisotopic (exact) mass is 376 g/mol. The van der Waals surface area contributed by atoms with E-state index >= 15 is 0 Å². The zero-order valence-corrected chi connectivity index (χ0v) is 15.6. The van der Waals surface area contributed by atoms with Gasteiger partial charge in [0.2, 0.25) is 0 Å². The van der Waals surface area contributed by atoms with Crippen LogP contribution in [0.2, 0.25) is 5.02 Å². The number of rotatable bonds is 4. The summed E-state index contributed by atoms with van der Waals surface area (Å²) >= 11 is 6.31. The van der Waals surface area contributed by atoms with Gasteiger partial charge in [0.1, 0.15) is 5.69 Å². The molecule has 0 saturated carbocycles. The van der Waals surface area contributed by atoms with E-state index in [4.69, 9.17) is 16.9 Å². The minimum Gasteiger partial charge on any atom is -0.353 e. The molecule has 2 N–H and O–H groups in total. The molecule has 0 fully saturated rings. The van der Waals surface area contributed by atoms with Gasteiger partial charge < -0.3 is 10.6 Å². The summed E-state index contributed by atoms with van der Waals surface area (Å²) in [5.74, 6) is -0.323. The molecule has 0 aliphatic carbocycles. The van der Waals surface area contributed by atoms with Crippen molar-refractivity contribution in [2.24, 2.45) is 0 Å². The number of nitrogens with one attached hydrogen (secondary N) is 2. The standard InChI is InChI=1S/C21H17ClN4O/c1-13-9-14(2)20(18(22)10-13)25-17-7-8-19(24-12-17)21(27)26-16-5-3-15(11-23)4-6-16/h3-10,12,25H,1-2H3,(H,26,27). The summed E-state index contributed by atoms with van der Waals surface area (Å²) in [4.78, 5) is 16.5. The van der Waals surface area contributed by atoms with Gasteiger partial charge in [-0.3, -0.25) is 4.79 Å². The summed E-state index contributed by atoms with van der Waals surface area (Å²) in [6.07, 6.45) is 1.59. The third-order valence-corrected chi connectivity index (χ3v) is 4.27. The van der Waals surface area contributed by atoms with E-state index in [9.17, 15) is 4.79 Å². The van der Waals surface area contributed by atoms with E-state index in [1.165, 1.54) is 0 Å². The van der Waals surface area contributed by atoms with E-state index in [0.29, 0.717) is 16.3 Å². The highest BCUT2D eigenvalue weighted by Crippen LogP contribution is 2.30. The average molecular weight is 377 g/mol. The summed E-state index contributed by atoms with van der Waals surface area (Å²) < 4.78 is 0. The number of carbonyl (C=O) groups excluding carboxylic acids is 1. The first-order chi connectivity index (χ1) is 13.0. The molecule has 0 bridgehead atoms. The van der Waals surface area contributed by atoms with Crippen LogP contribution < -0.4 is 10.6 Å². The fourth-order valence-electron chi connectivity index (χ4n) is 2.64. The van der Waals surface area contributed by atoms with E-state index in [2.05, 4.69) is 15.6 Å². The highest BCUT2D eigenvalue weighted by atomic mass is 35.5. The molecule has 134 valence electrons. The number of halogens is 1. The molecule has 0 spiro atoms. The van der Waals surface area contributed by atoms with Crippen molar-refractivity contribution in [1.29, 1.82) is 5.26 Å². The molecule has 0 atom stereocenters. The first-order valence-electron chi connectivity index (χ1n) is 8.27. The maximum atomic E-state index is 12.3. The third-order valence-electron chi connectivity index (χ3n) is 3.97. The number of hydrogen-bond acceptors (Lipinski definition) is 4. The Morgan fingerprint density at radius 2 is 1.78 bits per heavy atom. The van der Waals surface area contributed by atoms with Crippen LogP contribution in [0.15, 0.2) is 54.7 Å². The van der Waals surface area contributed by atoms with Gasteiger partial charge in [-0.2, -0.15) is 5.26 Å². The van der Waals surface area contributed by atoms with Crippen LogP contribution in [0, 0.1) is 25.2 Å². The van der Waals surface area contributed by atoms with Gasteiger partial charge in [0.25, 0.3) is 5.91 Å². The molecular formula is C21H17ClN4O. The number of hydrogen-bond donors (Lipinski definition) is 2. The summed E-state index contributed by atoms with van der Waals surface area (Å²) in [5.41, 5.74) is 5.10. The number of aromatic nitrogens is 1. The molecule has 3 rings (SSSR count). The molecule has 0 radical (unpaired) electrons. The Labute approximate surface area is 162 Å². The summed E-state index contributed by atoms with van der Waals surface area (Å²) in [6.45, 7) is 3.97. The lowest BCUT2D eigenvalue weighted by molar-refractivity contribution is 0.102. The SMILES string of the molecule is Cc1cc(C)c(Nc2ccc(C(=O)Nc3ccc(C#N)cc3)nc2)c(Cl)c1. The molecule has 0 unspecified atom stereocenters. The van der Waals surface area contributed by atoms with Crippen LogP contribution in [0.3, 0.4) is 0 Å². The highest BCUT2D eigenvalue weighted by molar-refractivity contribution is 6.33. The topological polar surface area (TPSA) is 77.8 Å². The van der Waals surface area contributed by atoms with Gasteiger partial charge in [0.05, 0.1) is 34.2 Å². The van der Waals surface area contributed by atoms with Crippen LogP contribution in [-0.2, 0) is 0 Å². The summed E-state index contributed by atoms with van der Waals surface area (Å²) in [6, 6.07) is 16.0. The molecule has 2 aromatic carbocycles. The van der Waals surface area contributed by atoms with Gasteiger partial charge in [0, 0.05) is 5.69 Å². The largest absolute Gasteiger partial charge is 0.353 e. The number of anilines is 3. The van der Waals surface area contributed by atoms with Crippen molar-refractivity contribution in [3.63, 3.8) is 0 Å². The number of carbonyl (C=O) groups is 1. The van der Waals surface area contributed by atoms with Gasteiger partial charge >= 0.3 is 0 Å². The van der Waals surface area contributed by atoms with Crippen molar-refractivity contribution < 1.29 is 4.79 Å². The Morgan fingerprint density at radius 3 is 2.37 bits per heavy atom. The molecule has 0 aliphatic rings. The number of nitrogens with zero attached hydrogens (tertiary/aromatic N) is 2. The number of pyridine rings is 1. The van der Waals surface area contributed by atoms with Crippen LogP contribution in [0.25, 0.3) is 0 Å². The normalized spacial score (nSPS) is 10.1. The van der Waals surface area contributed by atoms with Gasteiger partial charge in [-0.1, -0.05) is 17.7 Å². The van der Waals surface area contributed by atoms with E-state index in [-0.39, 0.29) is 11.6 Å². The summed E-state index contributed by atoms with van der Waals surface area (Å²) in [7, 11) is 0. The zero-order valence-electron chi connectivity index (χ0n) is 14.9. The van der Waals surface area contributed by atoms with Crippen molar-refractivity contribution in [3.8, 4) is 6.07 Å². The van der Waals surface area contributed by atoms with Gasteiger partial charge in [0.15, 0.2) is 0 Å². The van der Waals surface area contributed by atoms with Crippen molar-refractivity contribution in [2.45, 2.75) is 13.8 Å². The van der Waals surface area contributed by atoms with Gasteiger partial charge in [-0.05, 0) is 67.4 Å². The lowest BCUT2D eigenvalue weighted by Crippen LogP contribution is -2.13. The maximum absolute atomic E-state index is 12.3. The van der Waals surface area contributed by atoms with Crippen molar-refractivity contribution in [2.75, 3.05) is 10.6 Å². The van der Waals surface area contributed by atoms with E-state index < -0.39 is 0 Å². The van der Waals surface area contributed by atoms with Crippen LogP contribution in [0.4, 0.5) is 17.1 Å². The Balaban J connectivity index is 1.71. The van der Waals surface area contributed by atoms with Crippen molar-refractivity contribution >= 4 is 34.6 Å².